The summed E-state index contributed by atoms with van der Waals surface area (Å²) in [5.74, 6) is 1.32. The lowest BCUT2D eigenvalue weighted by atomic mass is 9.82. The molecule has 0 saturated carbocycles. The molecule has 1 fully saturated rings. The molecule has 2 rings (SSSR count). The molecule has 1 aromatic rings. The zero-order chi connectivity index (χ0) is 20.1. The van der Waals surface area contributed by atoms with Crippen molar-refractivity contribution in [2.75, 3.05) is 26.8 Å². The van der Waals surface area contributed by atoms with Crippen LogP contribution in [0.5, 0.6) is 11.5 Å². The highest BCUT2D eigenvalue weighted by Crippen LogP contribution is 2.30. The van der Waals surface area contributed by atoms with Crippen molar-refractivity contribution in [1.82, 2.24) is 10.2 Å². The van der Waals surface area contributed by atoms with E-state index in [0.29, 0.717) is 11.5 Å². The molecule has 28 heavy (non-hydrogen) atoms. The van der Waals surface area contributed by atoms with Gasteiger partial charge in [-0.2, -0.15) is 0 Å². The van der Waals surface area contributed by atoms with E-state index in [1.165, 1.54) is 0 Å². The number of ether oxygens (including phenoxy) is 2. The Hall–Kier alpha value is -1.46. The molecule has 0 bridgehead atoms. The second-order valence-electron chi connectivity index (χ2n) is 9.34. The maximum atomic E-state index is 12.2. The first-order valence-corrected chi connectivity index (χ1v) is 9.92. The van der Waals surface area contributed by atoms with Crippen molar-refractivity contribution in [3.8, 4) is 11.5 Å². The van der Waals surface area contributed by atoms with Gasteiger partial charge in [-0.15, -0.1) is 12.4 Å². The van der Waals surface area contributed by atoms with Crippen LogP contribution in [-0.4, -0.2) is 43.2 Å². The quantitative estimate of drug-likeness (QED) is 0.686. The van der Waals surface area contributed by atoms with E-state index < -0.39 is 0 Å². The van der Waals surface area contributed by atoms with Crippen LogP contribution in [-0.2, 0) is 11.3 Å². The Kier molecular flexibility index (Phi) is 9.09. The normalized spacial score (nSPS) is 14.6. The molecule has 6 heteroatoms. The van der Waals surface area contributed by atoms with Gasteiger partial charge in [0.05, 0.1) is 7.11 Å². The molecule has 0 spiro atoms. The van der Waals surface area contributed by atoms with Crippen molar-refractivity contribution in [3.05, 3.63) is 23.8 Å². The molecule has 0 unspecified atom stereocenters. The van der Waals surface area contributed by atoms with Crippen molar-refractivity contribution < 1.29 is 14.3 Å². The van der Waals surface area contributed by atoms with E-state index >= 15 is 0 Å². The first kappa shape index (κ1) is 24.6. The smallest absolute Gasteiger partial charge is 0.260 e. The predicted molar refractivity (Wildman–Crippen MR) is 117 cm³/mol. The molecule has 0 aromatic heterocycles. The summed E-state index contributed by atoms with van der Waals surface area (Å²) in [6.07, 6.45) is 3.25. The summed E-state index contributed by atoms with van der Waals surface area (Å²) in [5, 5.41) is 3.63. The van der Waals surface area contributed by atoms with Crippen LogP contribution in [0.15, 0.2) is 18.2 Å². The third-order valence-electron chi connectivity index (χ3n) is 4.78. The fraction of sp³-hybridized carbons (Fsp3) is 0.682. The third kappa shape index (κ3) is 7.88. The number of nitrogens with one attached hydrogen (secondary N) is 1. The fourth-order valence-electron chi connectivity index (χ4n) is 3.87. The van der Waals surface area contributed by atoms with Gasteiger partial charge in [-0.25, -0.2) is 0 Å². The Bertz CT molecular complexity index is 635. The van der Waals surface area contributed by atoms with Gasteiger partial charge in [0.25, 0.3) is 5.91 Å². The first-order valence-electron chi connectivity index (χ1n) is 9.92. The Balaban J connectivity index is 0.00000392. The van der Waals surface area contributed by atoms with Crippen molar-refractivity contribution in [1.29, 1.82) is 0 Å². The number of hydrogen-bond acceptors (Lipinski definition) is 4. The molecule has 1 amide bonds. The Morgan fingerprint density at radius 1 is 1.11 bits per heavy atom. The summed E-state index contributed by atoms with van der Waals surface area (Å²) in [7, 11) is 1.63. The maximum absolute atomic E-state index is 12.2. The van der Waals surface area contributed by atoms with E-state index in [4.69, 9.17) is 9.47 Å². The van der Waals surface area contributed by atoms with E-state index in [2.05, 4.69) is 39.9 Å². The van der Waals surface area contributed by atoms with Gasteiger partial charge < -0.3 is 19.7 Å². The summed E-state index contributed by atoms with van der Waals surface area (Å²) in [5.41, 5.74) is 1.45. The molecule has 1 aliphatic heterocycles. The lowest BCUT2D eigenvalue weighted by Gasteiger charge is -2.33. The van der Waals surface area contributed by atoms with Gasteiger partial charge in [0.1, 0.15) is 0 Å². The van der Waals surface area contributed by atoms with Crippen LogP contribution >= 0.6 is 12.4 Å². The molecular weight excluding hydrogens is 376 g/mol. The molecular formula is C22H37ClN2O3. The minimum Gasteiger partial charge on any atom is -0.493 e. The van der Waals surface area contributed by atoms with Gasteiger partial charge >= 0.3 is 0 Å². The molecule has 5 nitrogen and oxygen atoms in total. The second kappa shape index (κ2) is 10.4. The fourth-order valence-corrected chi connectivity index (χ4v) is 3.87. The largest absolute Gasteiger partial charge is 0.493 e. The average molecular weight is 413 g/mol. The van der Waals surface area contributed by atoms with Crippen molar-refractivity contribution in [2.24, 2.45) is 5.41 Å². The maximum Gasteiger partial charge on any atom is 0.260 e. The monoisotopic (exact) mass is 412 g/mol. The van der Waals surface area contributed by atoms with Crippen LogP contribution in [0.4, 0.5) is 0 Å². The van der Waals surface area contributed by atoms with Crippen LogP contribution in [0.25, 0.3) is 0 Å². The Morgan fingerprint density at radius 2 is 1.75 bits per heavy atom. The highest BCUT2D eigenvalue weighted by atomic mass is 35.5. The predicted octanol–water partition coefficient (Wildman–Crippen LogP) is 4.42. The van der Waals surface area contributed by atoms with Crippen LogP contribution in [0.3, 0.4) is 0 Å². The van der Waals surface area contributed by atoms with E-state index in [1.807, 2.05) is 23.1 Å². The summed E-state index contributed by atoms with van der Waals surface area (Å²) in [6, 6.07) is 5.90. The van der Waals surface area contributed by atoms with Crippen LogP contribution < -0.4 is 14.8 Å². The SMILES string of the molecule is COc1cc(CNC(C)(C)CC(C)(C)C)ccc1OCC(=O)N1CCCC1.Cl. The summed E-state index contributed by atoms with van der Waals surface area (Å²) >= 11 is 0. The zero-order valence-electron chi connectivity index (χ0n) is 18.3. The number of amides is 1. The highest BCUT2D eigenvalue weighted by Gasteiger charge is 2.25. The van der Waals surface area contributed by atoms with Gasteiger partial charge in [0, 0.05) is 25.2 Å². The number of methoxy groups -OCH3 is 1. The lowest BCUT2D eigenvalue weighted by molar-refractivity contribution is -0.132. The summed E-state index contributed by atoms with van der Waals surface area (Å²) in [4.78, 5) is 14.0. The van der Waals surface area contributed by atoms with Crippen LogP contribution in [0.2, 0.25) is 0 Å². The number of likely N-dealkylation sites (tertiary alicyclic amines) is 1. The molecule has 1 heterocycles. The molecule has 1 saturated heterocycles. The van der Waals surface area contributed by atoms with Gasteiger partial charge in [-0.1, -0.05) is 26.8 Å². The molecule has 0 atom stereocenters. The van der Waals surface area contributed by atoms with Crippen molar-refractivity contribution in [2.45, 2.75) is 66.0 Å². The van der Waals surface area contributed by atoms with Gasteiger partial charge in [0.2, 0.25) is 0 Å². The topological polar surface area (TPSA) is 50.8 Å². The number of hydrogen-bond donors (Lipinski definition) is 1. The molecule has 0 radical (unpaired) electrons. The summed E-state index contributed by atoms with van der Waals surface area (Å²) in [6.45, 7) is 13.7. The van der Waals surface area contributed by atoms with Crippen LogP contribution in [0.1, 0.15) is 59.4 Å². The highest BCUT2D eigenvalue weighted by molar-refractivity contribution is 5.85. The van der Waals surface area contributed by atoms with Gasteiger partial charge in [0.15, 0.2) is 18.1 Å². The number of rotatable bonds is 8. The first-order chi connectivity index (χ1) is 12.6. The lowest BCUT2D eigenvalue weighted by Crippen LogP contribution is -2.41. The van der Waals surface area contributed by atoms with Gasteiger partial charge in [-0.3, -0.25) is 4.79 Å². The zero-order valence-corrected chi connectivity index (χ0v) is 19.1. The Labute approximate surface area is 176 Å². The van der Waals surface area contributed by atoms with E-state index in [9.17, 15) is 4.79 Å². The van der Waals surface area contributed by atoms with Gasteiger partial charge in [-0.05, 0) is 56.2 Å². The minimum atomic E-state index is 0. The molecule has 160 valence electrons. The number of benzene rings is 1. The molecule has 1 aromatic carbocycles. The average Bonchev–Trinajstić information content (AvgIpc) is 3.10. The minimum absolute atomic E-state index is 0. The molecule has 1 N–H and O–H groups in total. The molecule has 1 aliphatic rings. The number of halogens is 1. The van der Waals surface area contributed by atoms with E-state index in [-0.39, 0.29) is 35.9 Å². The molecule has 0 aliphatic carbocycles. The number of carbonyl (C=O) groups excluding carboxylic acids is 1. The van der Waals surface area contributed by atoms with Crippen LogP contribution in [0, 0.1) is 5.41 Å². The number of carbonyl (C=O) groups is 1. The standard InChI is InChI=1S/C22H36N2O3.ClH/c1-21(2,3)16-22(4,5)23-14-17-9-10-18(19(13-17)26-6)27-15-20(25)24-11-7-8-12-24;/h9-10,13,23H,7-8,11-12,14-16H2,1-6H3;1H. The van der Waals surface area contributed by atoms with Crippen molar-refractivity contribution in [3.63, 3.8) is 0 Å². The van der Waals surface area contributed by atoms with E-state index in [0.717, 1.165) is 44.5 Å². The van der Waals surface area contributed by atoms with E-state index in [1.54, 1.807) is 7.11 Å². The summed E-state index contributed by atoms with van der Waals surface area (Å²) < 4.78 is 11.2. The van der Waals surface area contributed by atoms with Crippen molar-refractivity contribution >= 4 is 18.3 Å². The Morgan fingerprint density at radius 3 is 2.32 bits per heavy atom. The number of nitrogens with zero attached hydrogens (tertiary/aromatic N) is 1. The third-order valence-corrected chi connectivity index (χ3v) is 4.78. The second-order valence-corrected chi connectivity index (χ2v) is 9.34.